The number of carbonyl (C=O) groups excluding carboxylic acids is 1. The van der Waals surface area contributed by atoms with Gasteiger partial charge in [0.1, 0.15) is 0 Å². The van der Waals surface area contributed by atoms with Crippen LogP contribution in [0.1, 0.15) is 5.56 Å². The molecule has 0 aliphatic carbocycles. The summed E-state index contributed by atoms with van der Waals surface area (Å²) in [6, 6.07) is 9.33. The maximum absolute atomic E-state index is 12.1. The number of benzene rings is 2. The first-order valence-corrected chi connectivity index (χ1v) is 10.1. The van der Waals surface area contributed by atoms with Crippen LogP contribution in [0, 0.1) is 6.92 Å². The van der Waals surface area contributed by atoms with Gasteiger partial charge in [0.05, 0.1) is 17.1 Å². The number of nitrogens with one attached hydrogen (secondary N) is 2. The first kappa shape index (κ1) is 19.4. The van der Waals surface area contributed by atoms with Gasteiger partial charge in [0, 0.05) is 14.0 Å². The molecule has 128 valence electrons. The Hall–Kier alpha value is -0.930. The Bertz CT molecular complexity index is 848. The maximum atomic E-state index is 12.1. The second kappa shape index (κ2) is 7.97. The number of amides is 1. The van der Waals surface area contributed by atoms with Gasteiger partial charge in [-0.1, -0.05) is 27.5 Å². The molecule has 0 aromatic heterocycles. The summed E-state index contributed by atoms with van der Waals surface area (Å²) < 4.78 is 28.1. The highest BCUT2D eigenvalue weighted by atomic mass is 79.9. The van der Waals surface area contributed by atoms with E-state index in [-0.39, 0.29) is 11.4 Å². The number of carbonyl (C=O) groups is 1. The van der Waals surface area contributed by atoms with Gasteiger partial charge in [0.15, 0.2) is 0 Å². The molecule has 0 saturated carbocycles. The summed E-state index contributed by atoms with van der Waals surface area (Å²) in [5.74, 6) is -0.473. The van der Waals surface area contributed by atoms with E-state index in [9.17, 15) is 13.2 Å². The van der Waals surface area contributed by atoms with E-state index in [1.54, 1.807) is 6.07 Å². The molecule has 5 nitrogen and oxygen atoms in total. The molecular formula is C15H13Br2ClN2O3S. The van der Waals surface area contributed by atoms with Gasteiger partial charge in [-0.15, -0.1) is 0 Å². The fraction of sp³-hybridized carbons (Fsp3) is 0.133. The van der Waals surface area contributed by atoms with Gasteiger partial charge in [-0.2, -0.15) is 0 Å². The van der Waals surface area contributed by atoms with Crippen LogP contribution in [-0.4, -0.2) is 20.9 Å². The number of rotatable bonds is 5. The Balaban J connectivity index is 2.04. The second-order valence-electron chi connectivity index (χ2n) is 4.91. The summed E-state index contributed by atoms with van der Waals surface area (Å²) in [5, 5.41) is 3.12. The molecule has 9 heteroatoms. The van der Waals surface area contributed by atoms with Crippen LogP contribution in [0.3, 0.4) is 0 Å². The fourth-order valence-electron chi connectivity index (χ4n) is 1.90. The molecule has 0 aliphatic rings. The summed E-state index contributed by atoms with van der Waals surface area (Å²) in [4.78, 5) is 12.1. The van der Waals surface area contributed by atoms with Crippen molar-refractivity contribution in [2.45, 2.75) is 11.8 Å². The first-order chi connectivity index (χ1) is 11.2. The molecule has 2 rings (SSSR count). The van der Waals surface area contributed by atoms with Gasteiger partial charge in [-0.25, -0.2) is 13.1 Å². The number of sulfonamides is 1. The van der Waals surface area contributed by atoms with Crippen molar-refractivity contribution in [2.75, 3.05) is 11.9 Å². The smallest absolute Gasteiger partial charge is 0.241 e. The highest BCUT2D eigenvalue weighted by Gasteiger charge is 2.16. The maximum Gasteiger partial charge on any atom is 0.241 e. The third-order valence-electron chi connectivity index (χ3n) is 3.06. The van der Waals surface area contributed by atoms with Gasteiger partial charge < -0.3 is 5.32 Å². The predicted octanol–water partition coefficient (Wildman–Crippen LogP) is 4.09. The molecule has 0 fully saturated rings. The third-order valence-corrected chi connectivity index (χ3v) is 5.82. The highest BCUT2D eigenvalue weighted by molar-refractivity contribution is 9.11. The topological polar surface area (TPSA) is 75.3 Å². The van der Waals surface area contributed by atoms with Gasteiger partial charge in [0.2, 0.25) is 15.9 Å². The molecule has 0 unspecified atom stereocenters. The van der Waals surface area contributed by atoms with Crippen molar-refractivity contribution in [3.05, 3.63) is 55.9 Å². The number of hydrogen-bond donors (Lipinski definition) is 2. The van der Waals surface area contributed by atoms with Crippen LogP contribution in [-0.2, 0) is 14.8 Å². The summed E-state index contributed by atoms with van der Waals surface area (Å²) in [6.45, 7) is 1.45. The quantitative estimate of drug-likeness (QED) is 0.655. The first-order valence-electron chi connectivity index (χ1n) is 6.70. The predicted molar refractivity (Wildman–Crippen MR) is 102 cm³/mol. The number of aryl methyl sites for hydroxylation is 1. The molecule has 0 atom stereocenters. The lowest BCUT2D eigenvalue weighted by Gasteiger charge is -2.12. The van der Waals surface area contributed by atoms with Gasteiger partial charge in [-0.05, 0) is 64.8 Å². The van der Waals surface area contributed by atoms with Gasteiger partial charge in [0.25, 0.3) is 0 Å². The Morgan fingerprint density at radius 1 is 1.17 bits per heavy atom. The van der Waals surface area contributed by atoms with Crippen molar-refractivity contribution in [1.82, 2.24) is 4.72 Å². The molecule has 0 saturated heterocycles. The van der Waals surface area contributed by atoms with Gasteiger partial charge >= 0.3 is 0 Å². The monoisotopic (exact) mass is 494 g/mol. The number of hydrogen-bond acceptors (Lipinski definition) is 3. The van der Waals surface area contributed by atoms with E-state index in [4.69, 9.17) is 11.6 Å². The lowest BCUT2D eigenvalue weighted by molar-refractivity contribution is -0.115. The average molecular weight is 497 g/mol. The van der Waals surface area contributed by atoms with Crippen molar-refractivity contribution < 1.29 is 13.2 Å². The minimum atomic E-state index is -3.78. The van der Waals surface area contributed by atoms with E-state index in [1.165, 1.54) is 24.3 Å². The van der Waals surface area contributed by atoms with Crippen molar-refractivity contribution in [1.29, 1.82) is 0 Å². The van der Waals surface area contributed by atoms with E-state index in [1.807, 2.05) is 13.0 Å². The zero-order chi connectivity index (χ0) is 17.9. The van der Waals surface area contributed by atoms with E-state index in [0.717, 1.165) is 10.0 Å². The SMILES string of the molecule is Cc1cc(Br)cc(Br)c1NC(=O)CNS(=O)(=O)c1ccc(Cl)cc1. The van der Waals surface area contributed by atoms with Crippen LogP contribution >= 0.6 is 43.5 Å². The third kappa shape index (κ3) is 5.03. The van der Waals surface area contributed by atoms with Crippen molar-refractivity contribution in [3.63, 3.8) is 0 Å². The highest BCUT2D eigenvalue weighted by Crippen LogP contribution is 2.30. The minimum Gasteiger partial charge on any atom is -0.324 e. The standard InChI is InChI=1S/C15H13Br2ClN2O3S/c1-9-6-10(16)7-13(17)15(9)20-14(21)8-19-24(22,23)12-4-2-11(18)3-5-12/h2-7,19H,8H2,1H3,(H,20,21). The Morgan fingerprint density at radius 3 is 2.38 bits per heavy atom. The molecule has 2 aromatic carbocycles. The molecule has 0 aliphatic heterocycles. The minimum absolute atomic E-state index is 0.0423. The van der Waals surface area contributed by atoms with Crippen molar-refractivity contribution in [3.8, 4) is 0 Å². The molecule has 0 spiro atoms. The molecule has 24 heavy (non-hydrogen) atoms. The van der Waals surface area contributed by atoms with Crippen molar-refractivity contribution >= 4 is 65.1 Å². The summed E-state index contributed by atoms with van der Waals surface area (Å²) >= 11 is 12.5. The molecular weight excluding hydrogens is 484 g/mol. The number of halogens is 3. The van der Waals surface area contributed by atoms with Crippen LogP contribution < -0.4 is 10.0 Å². The van der Waals surface area contributed by atoms with E-state index >= 15 is 0 Å². The molecule has 2 aromatic rings. The Kier molecular flexibility index (Phi) is 6.44. The summed E-state index contributed by atoms with van der Waals surface area (Å²) in [5.41, 5.74) is 1.43. The van der Waals surface area contributed by atoms with Crippen LogP contribution in [0.2, 0.25) is 5.02 Å². The van der Waals surface area contributed by atoms with Crippen molar-refractivity contribution in [2.24, 2.45) is 0 Å². The average Bonchev–Trinajstić information content (AvgIpc) is 2.49. The molecule has 0 radical (unpaired) electrons. The molecule has 2 N–H and O–H groups in total. The van der Waals surface area contributed by atoms with Gasteiger partial charge in [-0.3, -0.25) is 4.79 Å². The Morgan fingerprint density at radius 2 is 1.79 bits per heavy atom. The van der Waals surface area contributed by atoms with E-state index in [0.29, 0.717) is 15.2 Å². The zero-order valence-corrected chi connectivity index (χ0v) is 17.2. The zero-order valence-electron chi connectivity index (χ0n) is 12.4. The lowest BCUT2D eigenvalue weighted by Crippen LogP contribution is -2.33. The summed E-state index contributed by atoms with van der Waals surface area (Å²) in [7, 11) is -3.78. The Labute approximate surface area is 162 Å². The van der Waals surface area contributed by atoms with Crippen LogP contribution in [0.5, 0.6) is 0 Å². The fourth-order valence-corrected chi connectivity index (χ4v) is 4.55. The van der Waals surface area contributed by atoms with Crippen LogP contribution in [0.15, 0.2) is 50.2 Å². The largest absolute Gasteiger partial charge is 0.324 e. The lowest BCUT2D eigenvalue weighted by atomic mass is 10.2. The normalized spacial score (nSPS) is 11.3. The van der Waals surface area contributed by atoms with E-state index < -0.39 is 15.9 Å². The second-order valence-corrected chi connectivity index (χ2v) is 8.88. The summed E-state index contributed by atoms with van der Waals surface area (Å²) in [6.07, 6.45) is 0. The van der Waals surface area contributed by atoms with Crippen LogP contribution in [0.25, 0.3) is 0 Å². The number of anilines is 1. The molecule has 0 heterocycles. The molecule has 1 amide bonds. The molecule has 0 bridgehead atoms. The van der Waals surface area contributed by atoms with Crippen LogP contribution in [0.4, 0.5) is 5.69 Å². The van der Waals surface area contributed by atoms with E-state index in [2.05, 4.69) is 41.9 Å².